The van der Waals surface area contributed by atoms with Gasteiger partial charge in [0.25, 0.3) is 0 Å². The summed E-state index contributed by atoms with van der Waals surface area (Å²) in [5.41, 5.74) is 13.5. The van der Waals surface area contributed by atoms with Crippen molar-refractivity contribution in [3.05, 3.63) is 23.9 Å². The summed E-state index contributed by atoms with van der Waals surface area (Å²) in [5.74, 6) is 0.670. The second-order valence-electron chi connectivity index (χ2n) is 9.36. The van der Waals surface area contributed by atoms with Crippen LogP contribution in [0.2, 0.25) is 0 Å². The molecule has 10 heteroatoms. The van der Waals surface area contributed by atoms with E-state index in [-0.39, 0.29) is 42.7 Å². The Morgan fingerprint density at radius 1 is 1.27 bits per heavy atom. The fourth-order valence-corrected chi connectivity index (χ4v) is 5.21. The second kappa shape index (κ2) is 9.48. The number of fused-ring (bicyclic) bond motifs is 1. The van der Waals surface area contributed by atoms with Crippen LogP contribution in [-0.4, -0.2) is 59.7 Å². The maximum atomic E-state index is 13.6. The highest BCUT2D eigenvalue weighted by Crippen LogP contribution is 2.59. The fraction of sp³-hybridized carbons (Fsp3) is 0.652. The van der Waals surface area contributed by atoms with Crippen LogP contribution in [0.4, 0.5) is 23.4 Å². The van der Waals surface area contributed by atoms with E-state index in [9.17, 15) is 17.6 Å². The standard InChI is InChI=1S/C23H31F4N5O/c1-3-11(2)31-19(7-18(28)12-4-20(33-23(26)27)22(29)30-8-12)21-14-5-13(6-15(14)21)32-9-16(24)17(25)10-32/h4,7-8,11,13-17,21,23H,3,5-6,9-10,28H2,1-2H3,(H2,29,30)/t11?,13?,14-,15+,16-,17+,21?. The van der Waals surface area contributed by atoms with Gasteiger partial charge in [0, 0.05) is 54.3 Å². The van der Waals surface area contributed by atoms with Crippen LogP contribution >= 0.6 is 0 Å². The predicted molar refractivity (Wildman–Crippen MR) is 119 cm³/mol. The third-order valence-electron chi connectivity index (χ3n) is 7.18. The Kier molecular flexibility index (Phi) is 6.83. The molecule has 1 saturated heterocycles. The second-order valence-corrected chi connectivity index (χ2v) is 9.36. The Morgan fingerprint density at radius 2 is 1.91 bits per heavy atom. The van der Waals surface area contributed by atoms with Crippen molar-refractivity contribution in [2.75, 3.05) is 18.8 Å². The summed E-state index contributed by atoms with van der Waals surface area (Å²) >= 11 is 0. The number of alkyl halides is 4. The molecular weight excluding hydrogens is 438 g/mol. The van der Waals surface area contributed by atoms with Crippen LogP contribution in [0.25, 0.3) is 5.70 Å². The highest BCUT2D eigenvalue weighted by atomic mass is 19.3. The van der Waals surface area contributed by atoms with Crippen LogP contribution in [0.1, 0.15) is 38.7 Å². The zero-order chi connectivity index (χ0) is 23.9. The molecule has 0 bridgehead atoms. The molecule has 1 aliphatic heterocycles. The summed E-state index contributed by atoms with van der Waals surface area (Å²) < 4.78 is 57.0. The average molecular weight is 470 g/mol. The van der Waals surface area contributed by atoms with Gasteiger partial charge in [0.15, 0.2) is 11.6 Å². The fourth-order valence-electron chi connectivity index (χ4n) is 5.21. The van der Waals surface area contributed by atoms with Crippen molar-refractivity contribution in [2.24, 2.45) is 28.5 Å². The summed E-state index contributed by atoms with van der Waals surface area (Å²) in [6.07, 6.45) is 3.05. The van der Waals surface area contributed by atoms with Crippen molar-refractivity contribution in [3.63, 3.8) is 0 Å². The van der Waals surface area contributed by atoms with Gasteiger partial charge in [-0.25, -0.2) is 13.8 Å². The molecule has 3 fully saturated rings. The lowest BCUT2D eigenvalue weighted by Gasteiger charge is -2.25. The highest BCUT2D eigenvalue weighted by molar-refractivity contribution is 6.04. The number of anilines is 1. The molecular formula is C23H31F4N5O. The first-order chi connectivity index (χ1) is 15.7. The van der Waals surface area contributed by atoms with Crippen LogP contribution in [0.5, 0.6) is 5.75 Å². The Morgan fingerprint density at radius 3 is 2.48 bits per heavy atom. The molecule has 0 amide bonds. The minimum atomic E-state index is -3.02. The van der Waals surface area contributed by atoms with E-state index in [2.05, 4.69) is 16.6 Å². The molecule has 33 heavy (non-hydrogen) atoms. The first kappa shape index (κ1) is 23.8. The SMILES string of the molecule is CCC(C)N=C(C=C(N)c1cnc(N)c(OC(F)F)c1)C1[C@H]2CC(N3C[C@@H](F)[C@@H](F)C3)C[C@@H]12. The molecule has 182 valence electrons. The molecule has 7 atom stereocenters. The quantitative estimate of drug-likeness (QED) is 0.446. The van der Waals surface area contributed by atoms with Crippen LogP contribution < -0.4 is 16.2 Å². The van der Waals surface area contributed by atoms with E-state index in [1.165, 1.54) is 12.3 Å². The van der Waals surface area contributed by atoms with Crippen LogP contribution in [0, 0.1) is 17.8 Å². The summed E-state index contributed by atoms with van der Waals surface area (Å²) in [6, 6.07) is 1.65. The van der Waals surface area contributed by atoms with Gasteiger partial charge < -0.3 is 16.2 Å². The Bertz CT molecular complexity index is 904. The number of nitrogens with zero attached hydrogens (tertiary/aromatic N) is 3. The van der Waals surface area contributed by atoms with Crippen molar-refractivity contribution in [2.45, 2.75) is 64.1 Å². The molecule has 2 heterocycles. The normalized spacial score (nSPS) is 33.4. The molecule has 3 unspecified atom stereocenters. The van der Waals surface area contributed by atoms with Crippen molar-refractivity contribution in [1.82, 2.24) is 9.88 Å². The van der Waals surface area contributed by atoms with Gasteiger partial charge in [0.05, 0.1) is 0 Å². The maximum Gasteiger partial charge on any atom is 0.387 e. The van der Waals surface area contributed by atoms with E-state index in [1.807, 2.05) is 11.8 Å². The first-order valence-corrected chi connectivity index (χ1v) is 11.5. The minimum Gasteiger partial charge on any atom is -0.431 e. The van der Waals surface area contributed by atoms with Gasteiger partial charge >= 0.3 is 6.61 Å². The topological polar surface area (TPSA) is 89.8 Å². The molecule has 4 rings (SSSR count). The number of allylic oxidation sites excluding steroid dienone is 1. The molecule has 6 nitrogen and oxygen atoms in total. The Balaban J connectivity index is 1.50. The van der Waals surface area contributed by atoms with Crippen molar-refractivity contribution < 1.29 is 22.3 Å². The first-order valence-electron chi connectivity index (χ1n) is 11.5. The largest absolute Gasteiger partial charge is 0.431 e. The van der Waals surface area contributed by atoms with Gasteiger partial charge in [-0.1, -0.05) is 6.92 Å². The number of hydrogen-bond donors (Lipinski definition) is 2. The molecule has 0 spiro atoms. The predicted octanol–water partition coefficient (Wildman–Crippen LogP) is 3.82. The lowest BCUT2D eigenvalue weighted by Crippen LogP contribution is -2.33. The Labute approximate surface area is 191 Å². The van der Waals surface area contributed by atoms with Crippen molar-refractivity contribution in [3.8, 4) is 5.75 Å². The number of hydrogen-bond acceptors (Lipinski definition) is 6. The maximum absolute atomic E-state index is 13.6. The van der Waals surface area contributed by atoms with Crippen LogP contribution in [0.3, 0.4) is 0 Å². The van der Waals surface area contributed by atoms with E-state index in [1.54, 1.807) is 6.08 Å². The summed E-state index contributed by atoms with van der Waals surface area (Å²) in [5, 5.41) is 0. The number of aliphatic imine (C=N–C) groups is 1. The van der Waals surface area contributed by atoms with Crippen LogP contribution in [0.15, 0.2) is 23.3 Å². The van der Waals surface area contributed by atoms with Crippen molar-refractivity contribution >= 4 is 17.2 Å². The lowest BCUT2D eigenvalue weighted by atomic mass is 10.0. The van der Waals surface area contributed by atoms with Gasteiger partial charge in [-0.15, -0.1) is 0 Å². The van der Waals surface area contributed by atoms with Gasteiger partial charge in [-0.2, -0.15) is 8.78 Å². The lowest BCUT2D eigenvalue weighted by molar-refractivity contribution is -0.0495. The molecule has 2 saturated carbocycles. The molecule has 1 aromatic rings. The number of nitrogen functional groups attached to an aromatic ring is 1. The van der Waals surface area contributed by atoms with Gasteiger partial charge in [0.2, 0.25) is 0 Å². The monoisotopic (exact) mass is 469 g/mol. The summed E-state index contributed by atoms with van der Waals surface area (Å²) in [7, 11) is 0. The van der Waals surface area contributed by atoms with E-state index < -0.39 is 19.0 Å². The third kappa shape index (κ3) is 5.10. The zero-order valence-electron chi connectivity index (χ0n) is 18.8. The van der Waals surface area contributed by atoms with E-state index in [0.29, 0.717) is 23.1 Å². The molecule has 0 aromatic carbocycles. The third-order valence-corrected chi connectivity index (χ3v) is 7.18. The Hall–Kier alpha value is -2.36. The smallest absolute Gasteiger partial charge is 0.387 e. The molecule has 2 aliphatic carbocycles. The van der Waals surface area contributed by atoms with E-state index in [4.69, 9.17) is 16.5 Å². The zero-order valence-corrected chi connectivity index (χ0v) is 18.8. The molecule has 3 aliphatic rings. The molecule has 1 aromatic heterocycles. The number of likely N-dealkylation sites (tertiary alicyclic amines) is 1. The number of halogens is 4. The average Bonchev–Trinajstić information content (AvgIpc) is 3.07. The number of rotatable bonds is 8. The minimum absolute atomic E-state index is 0.0987. The van der Waals surface area contributed by atoms with Gasteiger partial charge in [-0.05, 0) is 50.2 Å². The van der Waals surface area contributed by atoms with E-state index >= 15 is 0 Å². The summed E-state index contributed by atoms with van der Waals surface area (Å²) in [6.45, 7) is 1.39. The highest BCUT2D eigenvalue weighted by Gasteiger charge is 2.59. The molecule has 0 radical (unpaired) electrons. The molecule has 4 N–H and O–H groups in total. The number of aromatic nitrogens is 1. The van der Waals surface area contributed by atoms with Crippen LogP contribution in [-0.2, 0) is 0 Å². The summed E-state index contributed by atoms with van der Waals surface area (Å²) in [4.78, 5) is 10.7. The number of pyridine rings is 1. The number of ether oxygens (including phenoxy) is 1. The van der Waals surface area contributed by atoms with Crippen molar-refractivity contribution in [1.29, 1.82) is 0 Å². The van der Waals surface area contributed by atoms with Gasteiger partial charge in [0.1, 0.15) is 12.3 Å². The number of nitrogens with two attached hydrogens (primary N) is 2. The van der Waals surface area contributed by atoms with E-state index in [0.717, 1.165) is 25.0 Å². The van der Waals surface area contributed by atoms with Gasteiger partial charge in [-0.3, -0.25) is 9.89 Å².